The van der Waals surface area contributed by atoms with Gasteiger partial charge in [0, 0.05) is 6.54 Å². The molecule has 0 fully saturated rings. The quantitative estimate of drug-likeness (QED) is 0.707. The first kappa shape index (κ1) is 18.2. The minimum absolute atomic E-state index is 0.109. The maximum atomic E-state index is 13.3. The van der Waals surface area contributed by atoms with Gasteiger partial charge in [0.1, 0.15) is 16.5 Å². The first-order chi connectivity index (χ1) is 11.1. The van der Waals surface area contributed by atoms with Gasteiger partial charge in [0.05, 0.1) is 11.9 Å². The average molecular weight is 374 g/mol. The Morgan fingerprint density at radius 2 is 1.75 bits per heavy atom. The maximum Gasteiger partial charge on any atom is 0.265 e. The topological polar surface area (TPSA) is 113 Å². The van der Waals surface area contributed by atoms with Crippen molar-refractivity contribution in [3.8, 4) is 5.75 Å². The summed E-state index contributed by atoms with van der Waals surface area (Å²) in [4.78, 5) is -0.617. The number of sulfonamides is 2. The molecule has 0 aliphatic heterocycles. The summed E-state index contributed by atoms with van der Waals surface area (Å²) in [5, 5.41) is 9.65. The Balaban J connectivity index is 2.35. The molecule has 10 heteroatoms. The van der Waals surface area contributed by atoms with Crippen molar-refractivity contribution in [1.82, 2.24) is 4.72 Å². The molecule has 130 valence electrons. The van der Waals surface area contributed by atoms with E-state index in [1.165, 1.54) is 12.1 Å². The van der Waals surface area contributed by atoms with Gasteiger partial charge in [0.15, 0.2) is 0 Å². The number of aromatic hydroxyl groups is 1. The third-order valence-corrected chi connectivity index (χ3v) is 5.06. The van der Waals surface area contributed by atoms with Gasteiger partial charge >= 0.3 is 0 Å². The van der Waals surface area contributed by atoms with E-state index in [1.54, 1.807) is 12.1 Å². The monoisotopic (exact) mass is 374 g/mol. The van der Waals surface area contributed by atoms with E-state index in [4.69, 9.17) is 0 Å². The summed E-state index contributed by atoms with van der Waals surface area (Å²) >= 11 is 0. The molecule has 2 rings (SSSR count). The Morgan fingerprint density at radius 1 is 1.08 bits per heavy atom. The van der Waals surface area contributed by atoms with Gasteiger partial charge in [-0.25, -0.2) is 25.9 Å². The van der Waals surface area contributed by atoms with E-state index in [2.05, 4.69) is 9.44 Å². The molecule has 0 unspecified atom stereocenters. The number of phenolic OH excluding ortho intramolecular Hbond substituents is 1. The molecule has 3 N–H and O–H groups in total. The number of benzene rings is 2. The summed E-state index contributed by atoms with van der Waals surface area (Å²) < 4.78 is 64.8. The van der Waals surface area contributed by atoms with E-state index in [9.17, 15) is 26.3 Å². The second-order valence-electron chi connectivity index (χ2n) is 4.97. The Hall–Kier alpha value is -2.17. The number of hydrogen-bond acceptors (Lipinski definition) is 5. The van der Waals surface area contributed by atoms with Crippen LogP contribution in [0, 0.1) is 5.82 Å². The first-order valence-electron chi connectivity index (χ1n) is 6.62. The predicted octanol–water partition coefficient (Wildman–Crippen LogP) is 1.38. The number of hydrogen-bond donors (Lipinski definition) is 3. The van der Waals surface area contributed by atoms with E-state index in [0.717, 1.165) is 18.4 Å². The van der Waals surface area contributed by atoms with Gasteiger partial charge in [-0.3, -0.25) is 4.72 Å². The highest BCUT2D eigenvalue weighted by Crippen LogP contribution is 2.26. The molecule has 24 heavy (non-hydrogen) atoms. The minimum Gasteiger partial charge on any atom is -0.507 e. The highest BCUT2D eigenvalue weighted by atomic mass is 32.2. The first-order valence-corrected chi connectivity index (χ1v) is 10.00. The van der Waals surface area contributed by atoms with Crippen LogP contribution < -0.4 is 9.44 Å². The second kappa shape index (κ2) is 6.75. The predicted molar refractivity (Wildman–Crippen MR) is 87.0 cm³/mol. The lowest BCUT2D eigenvalue weighted by atomic mass is 10.2. The van der Waals surface area contributed by atoms with Crippen LogP contribution in [0.1, 0.15) is 5.56 Å². The largest absolute Gasteiger partial charge is 0.507 e. The van der Waals surface area contributed by atoms with Crippen molar-refractivity contribution in [3.05, 3.63) is 53.8 Å². The van der Waals surface area contributed by atoms with Gasteiger partial charge in [-0.15, -0.1) is 0 Å². The zero-order valence-electron chi connectivity index (χ0n) is 12.5. The SMILES string of the molecule is CS(=O)(=O)NCc1ccccc1NS(=O)(=O)c1cc(F)ccc1O. The third kappa shape index (κ3) is 4.66. The van der Waals surface area contributed by atoms with Gasteiger partial charge in [-0.2, -0.15) is 0 Å². The van der Waals surface area contributed by atoms with Crippen molar-refractivity contribution < 1.29 is 26.3 Å². The van der Waals surface area contributed by atoms with Crippen LogP contribution >= 0.6 is 0 Å². The molecular weight excluding hydrogens is 359 g/mol. The van der Waals surface area contributed by atoms with E-state index in [-0.39, 0.29) is 12.2 Å². The summed E-state index contributed by atoms with van der Waals surface area (Å²) in [5.41, 5.74) is 0.472. The molecule has 0 amide bonds. The molecule has 0 atom stereocenters. The van der Waals surface area contributed by atoms with Crippen LogP contribution in [0.15, 0.2) is 47.4 Å². The third-order valence-electron chi connectivity index (χ3n) is 3.00. The van der Waals surface area contributed by atoms with Crippen LogP contribution in [-0.2, 0) is 26.6 Å². The molecule has 7 nitrogen and oxygen atoms in total. The zero-order valence-corrected chi connectivity index (χ0v) is 14.2. The standard InChI is InChI=1S/C14H15FN2O5S2/c1-23(19,20)16-9-10-4-2-3-5-12(10)17-24(21,22)14-8-11(15)6-7-13(14)18/h2-8,16-18H,9H2,1H3. The van der Waals surface area contributed by atoms with Gasteiger partial charge < -0.3 is 5.11 Å². The van der Waals surface area contributed by atoms with Crippen LogP contribution in [0.5, 0.6) is 5.75 Å². The van der Waals surface area contributed by atoms with Crippen LogP contribution in [0.4, 0.5) is 10.1 Å². The summed E-state index contributed by atoms with van der Waals surface area (Å²) in [6.45, 7) is -0.132. The second-order valence-corrected chi connectivity index (χ2v) is 8.45. The van der Waals surface area contributed by atoms with Gasteiger partial charge in [-0.05, 0) is 29.8 Å². The Morgan fingerprint density at radius 3 is 2.42 bits per heavy atom. The molecule has 0 saturated heterocycles. The fourth-order valence-electron chi connectivity index (χ4n) is 1.89. The summed E-state index contributed by atoms with van der Waals surface area (Å²) in [6, 6.07) is 8.66. The molecule has 0 aliphatic carbocycles. The minimum atomic E-state index is -4.26. The van der Waals surface area contributed by atoms with Crippen LogP contribution in [0.3, 0.4) is 0 Å². The summed E-state index contributed by atoms with van der Waals surface area (Å²) in [5.74, 6) is -1.42. The Kier molecular flexibility index (Phi) is 5.11. The highest BCUT2D eigenvalue weighted by molar-refractivity contribution is 7.92. The molecule has 0 spiro atoms. The molecule has 2 aromatic rings. The summed E-state index contributed by atoms with van der Waals surface area (Å²) in [7, 11) is -7.72. The van der Waals surface area contributed by atoms with Crippen LogP contribution in [-0.4, -0.2) is 28.2 Å². The lowest BCUT2D eigenvalue weighted by molar-refractivity contribution is 0.455. The lowest BCUT2D eigenvalue weighted by Crippen LogP contribution is -2.22. The Bertz CT molecular complexity index is 959. The van der Waals surface area contributed by atoms with E-state index < -0.39 is 36.5 Å². The molecule has 0 radical (unpaired) electrons. The maximum absolute atomic E-state index is 13.3. The van der Waals surface area contributed by atoms with Crippen molar-refractivity contribution >= 4 is 25.7 Å². The van der Waals surface area contributed by atoms with Crippen LogP contribution in [0.2, 0.25) is 0 Å². The van der Waals surface area contributed by atoms with E-state index in [0.29, 0.717) is 11.6 Å². The van der Waals surface area contributed by atoms with Gasteiger partial charge in [0.2, 0.25) is 10.0 Å². The fraction of sp³-hybridized carbons (Fsp3) is 0.143. The zero-order chi connectivity index (χ0) is 18.0. The lowest BCUT2D eigenvalue weighted by Gasteiger charge is -2.13. The van der Waals surface area contributed by atoms with Gasteiger partial charge in [-0.1, -0.05) is 18.2 Å². The molecule has 0 aliphatic rings. The Labute approximate surface area is 139 Å². The van der Waals surface area contributed by atoms with Crippen molar-refractivity contribution in [2.24, 2.45) is 0 Å². The average Bonchev–Trinajstić information content (AvgIpc) is 2.47. The van der Waals surface area contributed by atoms with Crippen molar-refractivity contribution in [1.29, 1.82) is 0 Å². The number of halogens is 1. The highest BCUT2D eigenvalue weighted by Gasteiger charge is 2.21. The normalized spacial score (nSPS) is 12.1. The molecular formula is C14H15FN2O5S2. The number of rotatable bonds is 6. The van der Waals surface area contributed by atoms with Crippen molar-refractivity contribution in [2.75, 3.05) is 11.0 Å². The molecule has 0 saturated carbocycles. The number of nitrogens with one attached hydrogen (secondary N) is 2. The molecule has 0 heterocycles. The van der Waals surface area contributed by atoms with Crippen LogP contribution in [0.25, 0.3) is 0 Å². The van der Waals surface area contributed by atoms with Crippen molar-refractivity contribution in [2.45, 2.75) is 11.4 Å². The molecule has 2 aromatic carbocycles. The number of phenols is 1. The molecule has 0 aromatic heterocycles. The molecule has 0 bridgehead atoms. The van der Waals surface area contributed by atoms with Gasteiger partial charge in [0.25, 0.3) is 10.0 Å². The summed E-state index contributed by atoms with van der Waals surface area (Å²) in [6.07, 6.45) is 0.977. The van der Waals surface area contributed by atoms with Crippen molar-refractivity contribution in [3.63, 3.8) is 0 Å². The smallest absolute Gasteiger partial charge is 0.265 e. The number of para-hydroxylation sites is 1. The fourth-order valence-corrected chi connectivity index (χ4v) is 3.51. The van der Waals surface area contributed by atoms with E-state index >= 15 is 0 Å². The number of anilines is 1. The van der Waals surface area contributed by atoms with E-state index in [1.807, 2.05) is 0 Å².